The van der Waals surface area contributed by atoms with Gasteiger partial charge in [0.25, 0.3) is 5.91 Å². The maximum atomic E-state index is 12.4. The molecular weight excluding hydrogens is 320 g/mol. The van der Waals surface area contributed by atoms with Crippen LogP contribution >= 0.6 is 11.3 Å². The van der Waals surface area contributed by atoms with E-state index in [1.54, 1.807) is 0 Å². The minimum atomic E-state index is -0.440. The normalized spacial score (nSPS) is 11.1. The van der Waals surface area contributed by atoms with E-state index < -0.39 is 5.91 Å². The van der Waals surface area contributed by atoms with E-state index in [0.29, 0.717) is 5.13 Å². The van der Waals surface area contributed by atoms with Crippen LogP contribution in [0.5, 0.6) is 0 Å². The van der Waals surface area contributed by atoms with Crippen LogP contribution in [0.25, 0.3) is 0 Å². The van der Waals surface area contributed by atoms with Crippen LogP contribution in [0.1, 0.15) is 27.3 Å². The number of benzene rings is 1. The number of anilines is 2. The Labute approximate surface area is 146 Å². The summed E-state index contributed by atoms with van der Waals surface area (Å²) in [5.74, 6) is -0.440. The number of thiazole rings is 1. The lowest BCUT2D eigenvalue weighted by molar-refractivity contribution is -0.112. The molecule has 1 amide bonds. The number of carbonyl (C=O) groups excluding carboxylic acids is 1. The van der Waals surface area contributed by atoms with Crippen LogP contribution in [-0.4, -0.2) is 10.9 Å². The Kier molecular flexibility index (Phi) is 5.37. The molecule has 0 saturated heterocycles. The first kappa shape index (κ1) is 17.7. The number of amides is 1. The van der Waals surface area contributed by atoms with Crippen LogP contribution in [0.4, 0.5) is 10.8 Å². The zero-order chi connectivity index (χ0) is 17.9. The summed E-state index contributed by atoms with van der Waals surface area (Å²) in [4.78, 5) is 17.8. The summed E-state index contributed by atoms with van der Waals surface area (Å²) < 4.78 is 0. The zero-order valence-corrected chi connectivity index (χ0v) is 15.3. The average Bonchev–Trinajstić information content (AvgIpc) is 2.82. The van der Waals surface area contributed by atoms with E-state index in [2.05, 4.69) is 15.6 Å². The van der Waals surface area contributed by atoms with Crippen molar-refractivity contribution in [1.82, 2.24) is 4.98 Å². The van der Waals surface area contributed by atoms with Gasteiger partial charge in [0.1, 0.15) is 11.6 Å². The summed E-state index contributed by atoms with van der Waals surface area (Å²) in [5, 5.41) is 15.7. The molecule has 2 rings (SSSR count). The first-order valence-electron chi connectivity index (χ1n) is 7.52. The Bertz CT molecular complexity index is 816. The number of carbonyl (C=O) groups is 1. The predicted molar refractivity (Wildman–Crippen MR) is 98.2 cm³/mol. The summed E-state index contributed by atoms with van der Waals surface area (Å²) in [6.07, 6.45) is 1.39. The van der Waals surface area contributed by atoms with Gasteiger partial charge in [-0.15, -0.1) is 11.3 Å². The monoisotopic (exact) mass is 340 g/mol. The van der Waals surface area contributed by atoms with Crippen molar-refractivity contribution in [2.45, 2.75) is 34.6 Å². The molecule has 1 aromatic carbocycles. The molecule has 0 aliphatic rings. The van der Waals surface area contributed by atoms with Gasteiger partial charge in [0.05, 0.1) is 5.69 Å². The van der Waals surface area contributed by atoms with Crippen molar-refractivity contribution in [3.63, 3.8) is 0 Å². The fourth-order valence-corrected chi connectivity index (χ4v) is 3.16. The standard InChI is InChI=1S/C18H20N4OS/c1-10-6-11(2)16(12(3)7-10)22-17(23)15(8-19)9-20-18-21-13(4)14(5)24-18/h6-7,9H,1-5H3,(H,20,21)(H,22,23)/b15-9-. The predicted octanol–water partition coefficient (Wildman–Crippen LogP) is 4.14. The van der Waals surface area contributed by atoms with Gasteiger partial charge in [0.2, 0.25) is 0 Å². The molecule has 124 valence electrons. The van der Waals surface area contributed by atoms with E-state index >= 15 is 0 Å². The minimum absolute atomic E-state index is 0.000110. The third-order valence-corrected chi connectivity index (χ3v) is 4.65. The van der Waals surface area contributed by atoms with Crippen molar-refractivity contribution in [2.24, 2.45) is 0 Å². The van der Waals surface area contributed by atoms with Crippen molar-refractivity contribution in [3.8, 4) is 6.07 Å². The Morgan fingerprint density at radius 3 is 2.33 bits per heavy atom. The number of aryl methyl sites for hydroxylation is 5. The molecular formula is C18H20N4OS. The van der Waals surface area contributed by atoms with Gasteiger partial charge in [0, 0.05) is 16.8 Å². The Morgan fingerprint density at radius 2 is 1.83 bits per heavy atom. The van der Waals surface area contributed by atoms with E-state index in [0.717, 1.165) is 32.9 Å². The van der Waals surface area contributed by atoms with Crippen LogP contribution in [0.2, 0.25) is 0 Å². The van der Waals surface area contributed by atoms with Gasteiger partial charge < -0.3 is 10.6 Å². The summed E-state index contributed by atoms with van der Waals surface area (Å²) >= 11 is 1.48. The number of nitrogens with zero attached hydrogens (tertiary/aromatic N) is 2. The second-order valence-electron chi connectivity index (χ2n) is 5.70. The van der Waals surface area contributed by atoms with Gasteiger partial charge in [-0.2, -0.15) is 5.26 Å². The molecule has 0 unspecified atom stereocenters. The number of rotatable bonds is 4. The number of nitriles is 1. The Balaban J connectivity index is 2.17. The second kappa shape index (κ2) is 7.28. The van der Waals surface area contributed by atoms with Crippen molar-refractivity contribution < 1.29 is 4.79 Å². The van der Waals surface area contributed by atoms with Gasteiger partial charge in [-0.05, 0) is 45.7 Å². The molecule has 2 aromatic rings. The highest BCUT2D eigenvalue weighted by Gasteiger charge is 2.13. The highest BCUT2D eigenvalue weighted by molar-refractivity contribution is 7.15. The van der Waals surface area contributed by atoms with Crippen LogP contribution < -0.4 is 10.6 Å². The summed E-state index contributed by atoms with van der Waals surface area (Å²) in [7, 11) is 0. The van der Waals surface area contributed by atoms with Crippen molar-refractivity contribution >= 4 is 28.1 Å². The van der Waals surface area contributed by atoms with Gasteiger partial charge in [-0.3, -0.25) is 4.79 Å². The first-order valence-corrected chi connectivity index (χ1v) is 8.33. The highest BCUT2D eigenvalue weighted by atomic mass is 32.1. The maximum Gasteiger partial charge on any atom is 0.267 e. The largest absolute Gasteiger partial charge is 0.337 e. The molecule has 0 aliphatic carbocycles. The van der Waals surface area contributed by atoms with Gasteiger partial charge >= 0.3 is 0 Å². The van der Waals surface area contributed by atoms with E-state index in [1.165, 1.54) is 17.5 Å². The molecule has 0 spiro atoms. The molecule has 2 N–H and O–H groups in total. The summed E-state index contributed by atoms with van der Waals surface area (Å²) in [6.45, 7) is 9.77. The topological polar surface area (TPSA) is 77.8 Å². The molecule has 24 heavy (non-hydrogen) atoms. The van der Waals surface area contributed by atoms with Crippen LogP contribution in [0.3, 0.4) is 0 Å². The molecule has 0 atom stereocenters. The average molecular weight is 340 g/mol. The fraction of sp³-hybridized carbons (Fsp3) is 0.278. The summed E-state index contributed by atoms with van der Waals surface area (Å²) in [6, 6.07) is 5.92. The molecule has 1 aromatic heterocycles. The van der Waals surface area contributed by atoms with E-state index in [4.69, 9.17) is 0 Å². The SMILES string of the molecule is Cc1cc(C)c(NC(=O)/C(C#N)=C\Nc2nc(C)c(C)s2)c(C)c1. The van der Waals surface area contributed by atoms with Crippen LogP contribution in [-0.2, 0) is 4.79 Å². The smallest absolute Gasteiger partial charge is 0.267 e. The quantitative estimate of drug-likeness (QED) is 0.647. The van der Waals surface area contributed by atoms with Crippen LogP contribution in [0, 0.1) is 45.9 Å². The Morgan fingerprint density at radius 1 is 1.21 bits per heavy atom. The number of nitrogens with one attached hydrogen (secondary N) is 2. The molecule has 5 nitrogen and oxygen atoms in total. The van der Waals surface area contributed by atoms with E-state index in [1.807, 2.05) is 52.8 Å². The third-order valence-electron chi connectivity index (χ3n) is 3.65. The minimum Gasteiger partial charge on any atom is -0.337 e. The summed E-state index contributed by atoms with van der Waals surface area (Å²) in [5.41, 5.74) is 4.75. The molecule has 6 heteroatoms. The molecule has 0 saturated carbocycles. The van der Waals surface area contributed by atoms with Crippen molar-refractivity contribution in [1.29, 1.82) is 5.26 Å². The fourth-order valence-electron chi connectivity index (χ4n) is 2.38. The Hall–Kier alpha value is -2.65. The van der Waals surface area contributed by atoms with Crippen molar-refractivity contribution in [2.75, 3.05) is 10.6 Å². The van der Waals surface area contributed by atoms with E-state index in [-0.39, 0.29) is 5.57 Å². The molecule has 0 aliphatic heterocycles. The van der Waals surface area contributed by atoms with Gasteiger partial charge in [0.15, 0.2) is 5.13 Å². The van der Waals surface area contributed by atoms with E-state index in [9.17, 15) is 10.1 Å². The first-order chi connectivity index (χ1) is 11.3. The maximum absolute atomic E-state index is 12.4. The second-order valence-corrected chi connectivity index (χ2v) is 6.91. The van der Waals surface area contributed by atoms with Crippen LogP contribution in [0.15, 0.2) is 23.9 Å². The lowest BCUT2D eigenvalue weighted by atomic mass is 10.0. The number of hydrogen-bond donors (Lipinski definition) is 2. The molecule has 0 bridgehead atoms. The molecule has 0 radical (unpaired) electrons. The van der Waals surface area contributed by atoms with Gasteiger partial charge in [-0.1, -0.05) is 17.7 Å². The molecule has 0 fully saturated rings. The third kappa shape index (κ3) is 4.00. The number of hydrogen-bond acceptors (Lipinski definition) is 5. The number of aromatic nitrogens is 1. The molecule has 1 heterocycles. The van der Waals surface area contributed by atoms with Gasteiger partial charge in [-0.25, -0.2) is 4.98 Å². The van der Waals surface area contributed by atoms with Crippen molar-refractivity contribution in [3.05, 3.63) is 51.2 Å². The lowest BCUT2D eigenvalue weighted by Gasteiger charge is -2.12. The lowest BCUT2D eigenvalue weighted by Crippen LogP contribution is -2.16. The zero-order valence-electron chi connectivity index (χ0n) is 14.4. The highest BCUT2D eigenvalue weighted by Crippen LogP contribution is 2.23.